The number of piperazine rings is 1. The molecule has 2 saturated heterocycles. The number of anilines is 5. The molecule has 11 nitrogen and oxygen atoms in total. The molecular weight excluding hydrogens is 638 g/mol. The van der Waals surface area contributed by atoms with Crippen LogP contribution in [0.15, 0.2) is 41.0 Å². The van der Waals surface area contributed by atoms with Gasteiger partial charge < -0.3 is 39.8 Å². The number of ether oxygens (including phenoxy) is 3. The van der Waals surface area contributed by atoms with E-state index in [-0.39, 0.29) is 6.79 Å². The summed E-state index contributed by atoms with van der Waals surface area (Å²) in [5, 5.41) is 17.6. The number of aliphatic hydroxyl groups is 1. The lowest BCUT2D eigenvalue weighted by Crippen LogP contribution is -2.52. The highest BCUT2D eigenvalue weighted by Gasteiger charge is 2.36. The summed E-state index contributed by atoms with van der Waals surface area (Å²) in [5.41, 5.74) is 3.50. The van der Waals surface area contributed by atoms with Gasteiger partial charge in [-0.2, -0.15) is 4.98 Å². The van der Waals surface area contributed by atoms with Crippen molar-refractivity contribution in [2.24, 2.45) is 0 Å². The predicted octanol–water partition coefficient (Wildman–Crippen LogP) is 5.44. The highest BCUT2D eigenvalue weighted by Crippen LogP contribution is 2.44. The van der Waals surface area contributed by atoms with Crippen LogP contribution in [-0.2, 0) is 4.74 Å². The first-order chi connectivity index (χ1) is 21.6. The Morgan fingerprint density at radius 3 is 2.51 bits per heavy atom. The van der Waals surface area contributed by atoms with Crippen LogP contribution < -0.4 is 25.0 Å². The van der Waals surface area contributed by atoms with Crippen molar-refractivity contribution in [2.45, 2.75) is 51.4 Å². The molecule has 3 aliphatic rings. The van der Waals surface area contributed by atoms with Gasteiger partial charge in [0.25, 0.3) is 0 Å². The van der Waals surface area contributed by atoms with E-state index in [2.05, 4.69) is 72.4 Å². The lowest BCUT2D eigenvalue weighted by molar-refractivity contribution is -0.142. The maximum absolute atomic E-state index is 10.8. The number of fused-ring (bicyclic) bond motifs is 1. The molecule has 0 spiro atoms. The second kappa shape index (κ2) is 13.3. The first kappa shape index (κ1) is 31.8. The van der Waals surface area contributed by atoms with E-state index >= 15 is 0 Å². The minimum absolute atomic E-state index is 0.0747. The highest BCUT2D eigenvalue weighted by atomic mass is 79.9. The van der Waals surface area contributed by atoms with Crippen molar-refractivity contribution >= 4 is 44.8 Å². The Hall–Kier alpha value is -3.16. The number of halogens is 1. The first-order valence-corrected chi connectivity index (χ1v) is 16.4. The SMILES string of the molecule is COc1cc(N2CCC(N3CCN(C)CC3)CC2)c(C)cc1Nc1ncc(Br)c(Nc2cccc3c2C(C(C)(C)O)OCO3)n1. The number of aryl methyl sites for hydroxylation is 1. The number of hydrogen-bond acceptors (Lipinski definition) is 11. The average Bonchev–Trinajstić information content (AvgIpc) is 3.03. The molecule has 0 amide bonds. The number of likely N-dealkylation sites (N-methyl/N-ethyl adjacent to an activating group) is 1. The zero-order valence-electron chi connectivity index (χ0n) is 26.8. The van der Waals surface area contributed by atoms with Gasteiger partial charge in [0.2, 0.25) is 5.95 Å². The Kier molecular flexibility index (Phi) is 9.39. The standard InChI is InChI=1S/C33H44BrN7O4/c1-21-17-25(28(43-5)18-26(21)41-11-9-22(10-12-41)40-15-13-39(4)14-16-40)37-32-35-19-23(34)31(38-32)36-24-7-6-8-27-29(24)30(33(2,3)42)45-20-44-27/h6-8,17-19,22,30,42H,9-16,20H2,1-5H3,(H2,35,36,37,38). The summed E-state index contributed by atoms with van der Waals surface area (Å²) in [6.07, 6.45) is 3.47. The van der Waals surface area contributed by atoms with Gasteiger partial charge in [-0.25, -0.2) is 4.98 Å². The Balaban J connectivity index is 1.18. The van der Waals surface area contributed by atoms with Crippen LogP contribution in [0.5, 0.6) is 11.5 Å². The van der Waals surface area contributed by atoms with E-state index < -0.39 is 11.7 Å². The van der Waals surface area contributed by atoms with E-state index in [0.29, 0.717) is 28.0 Å². The smallest absolute Gasteiger partial charge is 0.229 e. The number of hydrogen-bond donors (Lipinski definition) is 3. The van der Waals surface area contributed by atoms with E-state index in [1.807, 2.05) is 18.2 Å². The second-order valence-corrected chi connectivity index (χ2v) is 13.6. The molecule has 0 saturated carbocycles. The maximum Gasteiger partial charge on any atom is 0.229 e. The third-order valence-electron chi connectivity index (χ3n) is 9.04. The summed E-state index contributed by atoms with van der Waals surface area (Å²) >= 11 is 3.59. The van der Waals surface area contributed by atoms with Crippen LogP contribution in [-0.4, -0.2) is 96.7 Å². The molecule has 0 aliphatic carbocycles. The van der Waals surface area contributed by atoms with Crippen molar-refractivity contribution in [2.75, 3.05) is 75.8 Å². The number of benzene rings is 2. The van der Waals surface area contributed by atoms with Gasteiger partial charge in [0.15, 0.2) is 6.79 Å². The lowest BCUT2D eigenvalue weighted by atomic mass is 9.92. The lowest BCUT2D eigenvalue weighted by Gasteiger charge is -2.43. The summed E-state index contributed by atoms with van der Waals surface area (Å²) in [6, 6.07) is 10.6. The molecular formula is C33H44BrN7O4. The van der Waals surface area contributed by atoms with E-state index in [9.17, 15) is 5.11 Å². The Morgan fingerprint density at radius 1 is 1.04 bits per heavy atom. The molecule has 1 unspecified atom stereocenters. The molecule has 3 aliphatic heterocycles. The number of rotatable bonds is 8. The van der Waals surface area contributed by atoms with Crippen LogP contribution >= 0.6 is 15.9 Å². The molecule has 12 heteroatoms. The van der Waals surface area contributed by atoms with Crippen LogP contribution in [0.2, 0.25) is 0 Å². The number of methoxy groups -OCH3 is 1. The molecule has 4 heterocycles. The first-order valence-electron chi connectivity index (χ1n) is 15.6. The quantitative estimate of drug-likeness (QED) is 0.283. The Morgan fingerprint density at radius 2 is 1.80 bits per heavy atom. The summed E-state index contributed by atoms with van der Waals surface area (Å²) < 4.78 is 18.1. The molecule has 1 atom stereocenters. The predicted molar refractivity (Wildman–Crippen MR) is 180 cm³/mol. The fourth-order valence-corrected chi connectivity index (χ4v) is 6.85. The zero-order chi connectivity index (χ0) is 31.7. The van der Waals surface area contributed by atoms with Gasteiger partial charge in [-0.15, -0.1) is 0 Å². The molecule has 0 bridgehead atoms. The molecule has 3 aromatic rings. The van der Waals surface area contributed by atoms with E-state index in [0.717, 1.165) is 48.9 Å². The molecule has 3 N–H and O–H groups in total. The van der Waals surface area contributed by atoms with Crippen molar-refractivity contribution in [3.05, 3.63) is 52.1 Å². The van der Waals surface area contributed by atoms with Gasteiger partial charge in [0, 0.05) is 74.5 Å². The van der Waals surface area contributed by atoms with Crippen LogP contribution in [0, 0.1) is 6.92 Å². The van der Waals surface area contributed by atoms with Crippen LogP contribution in [0.3, 0.4) is 0 Å². The van der Waals surface area contributed by atoms with E-state index in [4.69, 9.17) is 19.2 Å². The Labute approximate surface area is 274 Å². The van der Waals surface area contributed by atoms with Crippen molar-refractivity contribution in [3.8, 4) is 11.5 Å². The molecule has 45 heavy (non-hydrogen) atoms. The van der Waals surface area contributed by atoms with Crippen molar-refractivity contribution < 1.29 is 19.3 Å². The minimum Gasteiger partial charge on any atom is -0.494 e. The largest absolute Gasteiger partial charge is 0.494 e. The third kappa shape index (κ3) is 7.00. The van der Waals surface area contributed by atoms with Crippen molar-refractivity contribution in [3.63, 3.8) is 0 Å². The van der Waals surface area contributed by atoms with Gasteiger partial charge in [-0.05, 0) is 80.4 Å². The monoisotopic (exact) mass is 681 g/mol. The fraction of sp³-hybridized carbons (Fsp3) is 0.515. The van der Waals surface area contributed by atoms with Gasteiger partial charge >= 0.3 is 0 Å². The summed E-state index contributed by atoms with van der Waals surface area (Å²) in [7, 11) is 3.90. The van der Waals surface area contributed by atoms with Crippen LogP contribution in [0.1, 0.15) is 43.9 Å². The third-order valence-corrected chi connectivity index (χ3v) is 9.62. The number of aromatic nitrogens is 2. The molecule has 6 rings (SSSR count). The minimum atomic E-state index is -1.12. The zero-order valence-corrected chi connectivity index (χ0v) is 28.4. The normalized spacial score (nSPS) is 20.0. The van der Waals surface area contributed by atoms with Crippen LogP contribution in [0.25, 0.3) is 0 Å². The van der Waals surface area contributed by atoms with Gasteiger partial charge in [-0.3, -0.25) is 4.90 Å². The van der Waals surface area contributed by atoms with Gasteiger partial charge in [0.05, 0.1) is 22.9 Å². The Bertz CT molecular complexity index is 1500. The summed E-state index contributed by atoms with van der Waals surface area (Å²) in [5.74, 6) is 2.36. The molecule has 0 radical (unpaired) electrons. The maximum atomic E-state index is 10.8. The number of nitrogens with zero attached hydrogens (tertiary/aromatic N) is 5. The molecule has 2 aromatic carbocycles. The summed E-state index contributed by atoms with van der Waals surface area (Å²) in [4.78, 5) is 16.9. The number of piperidine rings is 1. The van der Waals surface area contributed by atoms with E-state index in [1.165, 1.54) is 37.2 Å². The topological polar surface area (TPSA) is 107 Å². The van der Waals surface area contributed by atoms with Gasteiger partial charge in [-0.1, -0.05) is 6.07 Å². The average molecular weight is 683 g/mol. The van der Waals surface area contributed by atoms with Crippen molar-refractivity contribution in [1.82, 2.24) is 19.8 Å². The number of nitrogens with one attached hydrogen (secondary N) is 2. The van der Waals surface area contributed by atoms with Crippen molar-refractivity contribution in [1.29, 1.82) is 0 Å². The molecule has 242 valence electrons. The molecule has 1 aromatic heterocycles. The fourth-order valence-electron chi connectivity index (χ4n) is 6.56. The van der Waals surface area contributed by atoms with Crippen LogP contribution in [0.4, 0.5) is 28.8 Å². The van der Waals surface area contributed by atoms with Gasteiger partial charge in [0.1, 0.15) is 23.4 Å². The van der Waals surface area contributed by atoms with E-state index in [1.54, 1.807) is 27.2 Å². The summed E-state index contributed by atoms with van der Waals surface area (Å²) in [6.45, 7) is 12.4. The second-order valence-electron chi connectivity index (χ2n) is 12.7. The highest BCUT2D eigenvalue weighted by molar-refractivity contribution is 9.10. The molecule has 2 fully saturated rings.